The van der Waals surface area contributed by atoms with Crippen LogP contribution in [0.1, 0.15) is 0 Å². The number of hydrogen-bond donors (Lipinski definition) is 2. The number of amidine groups is 1. The fraction of sp³-hybridized carbons (Fsp3) is 0.125. The van der Waals surface area contributed by atoms with E-state index in [0.717, 1.165) is 0 Å². The lowest BCUT2D eigenvalue weighted by Crippen LogP contribution is -2.22. The molecule has 0 amide bonds. The summed E-state index contributed by atoms with van der Waals surface area (Å²) in [5.41, 5.74) is 5.33. The zero-order chi connectivity index (χ0) is 10.6. The molecule has 0 aromatic heterocycles. The first-order valence-electron chi connectivity index (χ1n) is 3.73. The van der Waals surface area contributed by atoms with Crippen molar-refractivity contribution in [3.63, 3.8) is 0 Å². The lowest BCUT2D eigenvalue weighted by molar-refractivity contribution is 0.375. The van der Waals surface area contributed by atoms with Crippen molar-refractivity contribution in [1.82, 2.24) is 0 Å². The maximum absolute atomic E-state index is 5.76. The minimum absolute atomic E-state index is 0.120. The first kappa shape index (κ1) is 10.9. The van der Waals surface area contributed by atoms with Gasteiger partial charge in [-0.05, 0) is 12.1 Å². The summed E-state index contributed by atoms with van der Waals surface area (Å²) >= 11 is 11.5. The molecule has 4 nitrogen and oxygen atoms in total. The molecule has 0 atom stereocenters. The summed E-state index contributed by atoms with van der Waals surface area (Å²) in [6.07, 6.45) is 0. The number of halogens is 2. The fourth-order valence-electron chi connectivity index (χ4n) is 0.761. The van der Waals surface area contributed by atoms with E-state index in [-0.39, 0.29) is 12.4 Å². The smallest absolute Gasteiger partial charge is 0.157 e. The molecule has 0 radical (unpaired) electrons. The van der Waals surface area contributed by atoms with Gasteiger partial charge in [0.2, 0.25) is 0 Å². The van der Waals surface area contributed by atoms with Crippen LogP contribution >= 0.6 is 23.2 Å². The molecule has 0 fully saturated rings. The molecule has 0 saturated heterocycles. The van der Waals surface area contributed by atoms with Crippen LogP contribution in [0.5, 0.6) is 5.75 Å². The fourth-order valence-corrected chi connectivity index (χ4v) is 1.05. The van der Waals surface area contributed by atoms with Crippen molar-refractivity contribution in [3.05, 3.63) is 28.2 Å². The van der Waals surface area contributed by atoms with Crippen molar-refractivity contribution in [3.8, 4) is 5.75 Å². The van der Waals surface area contributed by atoms with Gasteiger partial charge < -0.3 is 16.3 Å². The Balaban J connectivity index is 2.64. The van der Waals surface area contributed by atoms with Gasteiger partial charge in [0.15, 0.2) is 5.84 Å². The van der Waals surface area contributed by atoms with Crippen LogP contribution in [0.25, 0.3) is 0 Å². The first-order valence-corrected chi connectivity index (χ1v) is 4.49. The third kappa shape index (κ3) is 2.97. The van der Waals surface area contributed by atoms with Gasteiger partial charge in [-0.15, -0.1) is 0 Å². The Morgan fingerprint density at radius 2 is 2.07 bits per heavy atom. The molecular formula is C8H9Cl2N3O. The van der Waals surface area contributed by atoms with Crippen molar-refractivity contribution in [2.45, 2.75) is 0 Å². The Morgan fingerprint density at radius 1 is 1.36 bits per heavy atom. The van der Waals surface area contributed by atoms with Crippen molar-refractivity contribution >= 4 is 29.0 Å². The molecule has 1 aromatic rings. The number of nitrogens with two attached hydrogens (primary N) is 2. The van der Waals surface area contributed by atoms with Gasteiger partial charge in [-0.1, -0.05) is 23.2 Å². The van der Waals surface area contributed by atoms with Crippen LogP contribution in [-0.2, 0) is 0 Å². The van der Waals surface area contributed by atoms with Crippen LogP contribution in [0.4, 0.5) is 0 Å². The molecule has 0 aliphatic heterocycles. The Kier molecular flexibility index (Phi) is 3.85. The van der Waals surface area contributed by atoms with Gasteiger partial charge >= 0.3 is 0 Å². The molecule has 1 aromatic carbocycles. The SMILES string of the molecule is N/N=C(\N)COc1ccc(Cl)c(Cl)c1. The molecule has 0 spiro atoms. The molecule has 76 valence electrons. The molecule has 4 N–H and O–H groups in total. The van der Waals surface area contributed by atoms with Gasteiger partial charge in [0.05, 0.1) is 10.0 Å². The van der Waals surface area contributed by atoms with Crippen LogP contribution in [0.15, 0.2) is 23.3 Å². The second-order valence-electron chi connectivity index (χ2n) is 2.49. The predicted molar refractivity (Wildman–Crippen MR) is 57.8 cm³/mol. The average Bonchev–Trinajstić information content (AvgIpc) is 2.19. The zero-order valence-electron chi connectivity index (χ0n) is 7.21. The van der Waals surface area contributed by atoms with E-state index < -0.39 is 0 Å². The number of rotatable bonds is 3. The minimum atomic E-state index is 0.120. The van der Waals surface area contributed by atoms with Crippen LogP contribution in [0.2, 0.25) is 10.0 Å². The van der Waals surface area contributed by atoms with Crippen molar-refractivity contribution in [2.75, 3.05) is 6.61 Å². The van der Waals surface area contributed by atoms with Crippen LogP contribution in [-0.4, -0.2) is 12.4 Å². The van der Waals surface area contributed by atoms with Crippen LogP contribution in [0.3, 0.4) is 0 Å². The maximum atomic E-state index is 5.76. The highest BCUT2D eigenvalue weighted by Gasteiger charge is 2.00. The standard InChI is InChI=1S/C8H9Cl2N3O/c9-6-2-1-5(3-7(6)10)14-4-8(11)13-12/h1-3H,4,12H2,(H2,11,13). The van der Waals surface area contributed by atoms with Gasteiger partial charge in [0.1, 0.15) is 12.4 Å². The summed E-state index contributed by atoms with van der Waals surface area (Å²) in [4.78, 5) is 0. The topological polar surface area (TPSA) is 73.6 Å². The third-order valence-corrected chi connectivity index (χ3v) is 2.18. The van der Waals surface area contributed by atoms with Crippen LogP contribution in [0, 0.1) is 0 Å². The average molecular weight is 234 g/mol. The second kappa shape index (κ2) is 4.93. The monoisotopic (exact) mass is 233 g/mol. The van der Waals surface area contributed by atoms with E-state index in [0.29, 0.717) is 15.8 Å². The van der Waals surface area contributed by atoms with Gasteiger partial charge in [0.25, 0.3) is 0 Å². The molecule has 0 aliphatic carbocycles. The Hall–Kier alpha value is -1.13. The highest BCUT2D eigenvalue weighted by atomic mass is 35.5. The molecule has 1 rings (SSSR count). The number of benzene rings is 1. The van der Waals surface area contributed by atoms with Gasteiger partial charge in [-0.3, -0.25) is 0 Å². The van der Waals surface area contributed by atoms with E-state index in [4.69, 9.17) is 39.5 Å². The first-order chi connectivity index (χ1) is 6.63. The molecule has 0 aliphatic rings. The van der Waals surface area contributed by atoms with E-state index in [1.54, 1.807) is 18.2 Å². The largest absolute Gasteiger partial charge is 0.486 e. The zero-order valence-corrected chi connectivity index (χ0v) is 8.72. The van der Waals surface area contributed by atoms with Gasteiger partial charge in [0, 0.05) is 6.07 Å². The highest BCUT2D eigenvalue weighted by molar-refractivity contribution is 6.42. The lowest BCUT2D eigenvalue weighted by atomic mass is 10.3. The number of ether oxygens (including phenoxy) is 1. The van der Waals surface area contributed by atoms with E-state index in [2.05, 4.69) is 5.10 Å². The Bertz CT molecular complexity index is 354. The summed E-state index contributed by atoms with van der Waals surface area (Å²) in [5.74, 6) is 5.69. The quantitative estimate of drug-likeness (QED) is 0.361. The molecule has 0 heterocycles. The Morgan fingerprint density at radius 3 is 2.64 bits per heavy atom. The molecular weight excluding hydrogens is 225 g/mol. The van der Waals surface area contributed by atoms with Gasteiger partial charge in [-0.2, -0.15) is 5.10 Å². The second-order valence-corrected chi connectivity index (χ2v) is 3.30. The predicted octanol–water partition coefficient (Wildman–Crippen LogP) is 1.60. The number of hydrazone groups is 1. The summed E-state index contributed by atoms with van der Waals surface area (Å²) in [7, 11) is 0. The summed E-state index contributed by atoms with van der Waals surface area (Å²) in [6, 6.07) is 4.90. The minimum Gasteiger partial charge on any atom is -0.486 e. The van der Waals surface area contributed by atoms with E-state index in [9.17, 15) is 0 Å². The van der Waals surface area contributed by atoms with Crippen molar-refractivity contribution < 1.29 is 4.74 Å². The van der Waals surface area contributed by atoms with Crippen molar-refractivity contribution in [2.24, 2.45) is 16.7 Å². The molecule has 14 heavy (non-hydrogen) atoms. The molecule has 0 bridgehead atoms. The highest BCUT2D eigenvalue weighted by Crippen LogP contribution is 2.26. The molecule has 0 unspecified atom stereocenters. The van der Waals surface area contributed by atoms with E-state index in [1.807, 2.05) is 0 Å². The maximum Gasteiger partial charge on any atom is 0.157 e. The summed E-state index contributed by atoms with van der Waals surface area (Å²) < 4.78 is 5.22. The van der Waals surface area contributed by atoms with Gasteiger partial charge in [-0.25, -0.2) is 0 Å². The lowest BCUT2D eigenvalue weighted by Gasteiger charge is -2.05. The Labute approximate surface area is 91.4 Å². The third-order valence-electron chi connectivity index (χ3n) is 1.44. The van der Waals surface area contributed by atoms with E-state index in [1.165, 1.54) is 0 Å². The number of hydrogen-bond acceptors (Lipinski definition) is 3. The molecule has 0 saturated carbocycles. The summed E-state index contributed by atoms with van der Waals surface area (Å²) in [6.45, 7) is 0.120. The number of nitrogens with zero attached hydrogens (tertiary/aromatic N) is 1. The molecule has 6 heteroatoms. The van der Waals surface area contributed by atoms with Crippen molar-refractivity contribution in [1.29, 1.82) is 0 Å². The van der Waals surface area contributed by atoms with Crippen LogP contribution < -0.4 is 16.3 Å². The summed E-state index contributed by atoms with van der Waals surface area (Å²) in [5, 5.41) is 4.15. The normalized spacial score (nSPS) is 11.4. The van der Waals surface area contributed by atoms with E-state index >= 15 is 0 Å².